The van der Waals surface area contributed by atoms with Crippen molar-refractivity contribution < 1.29 is 9.59 Å². The van der Waals surface area contributed by atoms with E-state index >= 15 is 0 Å². The van der Waals surface area contributed by atoms with Gasteiger partial charge in [-0.2, -0.15) is 0 Å². The van der Waals surface area contributed by atoms with Crippen molar-refractivity contribution in [3.63, 3.8) is 0 Å². The summed E-state index contributed by atoms with van der Waals surface area (Å²) in [5, 5.41) is 0. The lowest BCUT2D eigenvalue weighted by molar-refractivity contribution is 0.0693. The van der Waals surface area contributed by atoms with Crippen molar-refractivity contribution in [2.45, 2.75) is 0 Å². The van der Waals surface area contributed by atoms with Gasteiger partial charge in [0.25, 0.3) is 11.8 Å². The van der Waals surface area contributed by atoms with Gasteiger partial charge in [-0.1, -0.05) is 0 Å². The molecule has 0 atom stereocenters. The molecule has 2 amide bonds. The minimum absolute atomic E-state index is 0.220. The third kappa shape index (κ3) is 2.39. The highest BCUT2D eigenvalue weighted by Crippen LogP contribution is 2.49. The van der Waals surface area contributed by atoms with Gasteiger partial charge >= 0.3 is 0 Å². The van der Waals surface area contributed by atoms with E-state index in [1.807, 2.05) is 24.3 Å². The van der Waals surface area contributed by atoms with E-state index < -0.39 is 0 Å². The lowest BCUT2D eigenvalue weighted by Crippen LogP contribution is -2.24. The molecule has 1 aliphatic heterocycles. The Bertz CT molecular complexity index is 895. The van der Waals surface area contributed by atoms with E-state index in [-0.39, 0.29) is 11.8 Å². The monoisotopic (exact) mass is 487 g/mol. The molecule has 0 N–H and O–H groups in total. The molecule has 4 heterocycles. The summed E-state index contributed by atoms with van der Waals surface area (Å²) < 4.78 is 2.00. The van der Waals surface area contributed by atoms with E-state index in [9.17, 15) is 9.59 Å². The molecular weight excluding hydrogens is 482 g/mol. The Kier molecular flexibility index (Phi) is 3.85. The first-order valence-corrected chi connectivity index (χ1v) is 10.5. The standard InChI is InChI=1S/C15H7Br2NO2S3/c1-18-14(19)10-11(15(18)20)13(7-3-5-9(17)22-7)23-12(10)6-2-4-8(16)21-6/h2-5H,1H3. The third-order valence-electron chi connectivity index (χ3n) is 3.54. The van der Waals surface area contributed by atoms with Gasteiger partial charge in [0, 0.05) is 16.8 Å². The zero-order valence-electron chi connectivity index (χ0n) is 11.6. The van der Waals surface area contributed by atoms with Crippen LogP contribution in [0.25, 0.3) is 19.5 Å². The number of thiophene rings is 3. The van der Waals surface area contributed by atoms with Crippen LogP contribution in [0, 0.1) is 0 Å². The average Bonchev–Trinajstić information content (AvgIpc) is 3.24. The Morgan fingerprint density at radius 1 is 0.783 bits per heavy atom. The lowest BCUT2D eigenvalue weighted by Gasteiger charge is -2.06. The topological polar surface area (TPSA) is 37.4 Å². The van der Waals surface area contributed by atoms with Gasteiger partial charge in [0.1, 0.15) is 0 Å². The Balaban J connectivity index is 2.01. The highest BCUT2D eigenvalue weighted by molar-refractivity contribution is 9.11. The molecule has 3 aromatic rings. The van der Waals surface area contributed by atoms with E-state index in [1.54, 1.807) is 22.7 Å². The van der Waals surface area contributed by atoms with Crippen molar-refractivity contribution in [2.75, 3.05) is 7.05 Å². The number of amides is 2. The highest BCUT2D eigenvalue weighted by Gasteiger charge is 2.40. The van der Waals surface area contributed by atoms with E-state index in [0.717, 1.165) is 27.1 Å². The highest BCUT2D eigenvalue weighted by atomic mass is 79.9. The molecule has 0 bridgehead atoms. The van der Waals surface area contributed by atoms with Crippen LogP contribution in [-0.2, 0) is 0 Å². The fourth-order valence-electron chi connectivity index (χ4n) is 2.49. The van der Waals surface area contributed by atoms with Gasteiger partial charge in [-0.25, -0.2) is 0 Å². The minimum atomic E-state index is -0.220. The molecule has 3 nitrogen and oxygen atoms in total. The normalized spacial score (nSPS) is 14.0. The maximum Gasteiger partial charge on any atom is 0.262 e. The van der Waals surface area contributed by atoms with Gasteiger partial charge < -0.3 is 0 Å². The minimum Gasteiger partial charge on any atom is -0.277 e. The molecule has 116 valence electrons. The van der Waals surface area contributed by atoms with Crippen LogP contribution in [0.15, 0.2) is 31.8 Å². The van der Waals surface area contributed by atoms with Crippen LogP contribution in [0.2, 0.25) is 0 Å². The summed E-state index contributed by atoms with van der Waals surface area (Å²) in [4.78, 5) is 30.1. The molecule has 0 aliphatic carbocycles. The molecule has 0 aromatic carbocycles. The summed E-state index contributed by atoms with van der Waals surface area (Å²) in [7, 11) is 1.54. The van der Waals surface area contributed by atoms with Crippen LogP contribution in [0.4, 0.5) is 0 Å². The van der Waals surface area contributed by atoms with Gasteiger partial charge in [0.05, 0.1) is 28.5 Å². The largest absolute Gasteiger partial charge is 0.277 e. The number of hydrogen-bond donors (Lipinski definition) is 0. The molecule has 8 heteroatoms. The van der Waals surface area contributed by atoms with Crippen LogP contribution < -0.4 is 0 Å². The number of imide groups is 1. The molecular formula is C15H7Br2NO2S3. The molecule has 0 unspecified atom stereocenters. The van der Waals surface area contributed by atoms with Gasteiger partial charge in [-0.15, -0.1) is 34.0 Å². The zero-order valence-corrected chi connectivity index (χ0v) is 17.2. The first-order valence-electron chi connectivity index (χ1n) is 6.48. The zero-order chi connectivity index (χ0) is 16.3. The summed E-state index contributed by atoms with van der Waals surface area (Å²) in [6.45, 7) is 0. The summed E-state index contributed by atoms with van der Waals surface area (Å²) in [5.41, 5.74) is 1.08. The molecule has 4 rings (SSSR count). The first kappa shape index (κ1) is 15.7. The molecule has 0 fully saturated rings. The van der Waals surface area contributed by atoms with Crippen LogP contribution in [0.3, 0.4) is 0 Å². The molecule has 0 radical (unpaired) electrons. The Morgan fingerprint density at radius 2 is 1.22 bits per heavy atom. The molecule has 0 saturated heterocycles. The number of rotatable bonds is 2. The number of nitrogens with zero attached hydrogens (tertiary/aromatic N) is 1. The summed E-state index contributed by atoms with van der Waals surface area (Å²) in [6.07, 6.45) is 0. The summed E-state index contributed by atoms with van der Waals surface area (Å²) >= 11 is 11.6. The van der Waals surface area contributed by atoms with Gasteiger partial charge in [-0.05, 0) is 56.1 Å². The number of carbonyl (C=O) groups is 2. The number of carbonyl (C=O) groups excluding carboxylic acids is 2. The fourth-order valence-corrected chi connectivity index (χ4v) is 6.78. The van der Waals surface area contributed by atoms with Crippen molar-refractivity contribution in [3.8, 4) is 19.5 Å². The predicted octanol–water partition coefficient (Wildman–Crippen LogP) is 5.96. The van der Waals surface area contributed by atoms with Crippen LogP contribution >= 0.6 is 65.9 Å². The second kappa shape index (κ2) is 5.63. The maximum absolute atomic E-state index is 12.6. The molecule has 3 aromatic heterocycles. The molecule has 0 saturated carbocycles. The van der Waals surface area contributed by atoms with Crippen molar-refractivity contribution >= 4 is 77.7 Å². The van der Waals surface area contributed by atoms with Gasteiger partial charge in [0.15, 0.2) is 0 Å². The average molecular weight is 489 g/mol. The van der Waals surface area contributed by atoms with Gasteiger partial charge in [-0.3, -0.25) is 14.5 Å². The van der Waals surface area contributed by atoms with E-state index in [2.05, 4.69) is 31.9 Å². The number of hydrogen-bond acceptors (Lipinski definition) is 5. The Labute approximate surface area is 160 Å². The van der Waals surface area contributed by atoms with Gasteiger partial charge in [0.2, 0.25) is 0 Å². The van der Waals surface area contributed by atoms with Crippen molar-refractivity contribution in [1.82, 2.24) is 4.90 Å². The third-order valence-corrected chi connectivity index (χ3v) is 8.34. The van der Waals surface area contributed by atoms with Crippen LogP contribution in [-0.4, -0.2) is 23.8 Å². The number of fused-ring (bicyclic) bond motifs is 1. The van der Waals surface area contributed by atoms with E-state index in [1.165, 1.54) is 23.3 Å². The Morgan fingerprint density at radius 3 is 1.57 bits per heavy atom. The van der Waals surface area contributed by atoms with Crippen LogP contribution in [0.5, 0.6) is 0 Å². The molecule has 23 heavy (non-hydrogen) atoms. The smallest absolute Gasteiger partial charge is 0.262 e. The summed E-state index contributed by atoms with van der Waals surface area (Å²) in [6, 6.07) is 7.87. The predicted molar refractivity (Wildman–Crippen MR) is 103 cm³/mol. The maximum atomic E-state index is 12.6. The second-order valence-electron chi connectivity index (χ2n) is 4.89. The summed E-state index contributed by atoms with van der Waals surface area (Å²) in [5.74, 6) is -0.440. The lowest BCUT2D eigenvalue weighted by atomic mass is 10.1. The SMILES string of the molecule is CN1C(=O)c2c(-c3ccc(Br)s3)sc(-c3ccc(Br)s3)c2C1=O. The van der Waals surface area contributed by atoms with Crippen molar-refractivity contribution in [1.29, 1.82) is 0 Å². The number of halogens is 2. The quantitative estimate of drug-likeness (QED) is 0.417. The van der Waals surface area contributed by atoms with E-state index in [4.69, 9.17) is 0 Å². The molecule has 1 aliphatic rings. The Hall–Kier alpha value is -0.800. The van der Waals surface area contributed by atoms with Crippen molar-refractivity contribution in [3.05, 3.63) is 43.0 Å². The van der Waals surface area contributed by atoms with E-state index in [0.29, 0.717) is 11.1 Å². The molecule has 0 spiro atoms. The fraction of sp³-hybridized carbons (Fsp3) is 0.0667. The van der Waals surface area contributed by atoms with Crippen molar-refractivity contribution in [2.24, 2.45) is 0 Å². The first-order chi connectivity index (χ1) is 11.0. The second-order valence-corrected chi connectivity index (χ2v) is 10.8. The van der Waals surface area contributed by atoms with Crippen LogP contribution in [0.1, 0.15) is 20.7 Å².